The van der Waals surface area contributed by atoms with Gasteiger partial charge in [0.15, 0.2) is 0 Å². The van der Waals surface area contributed by atoms with Crippen molar-refractivity contribution in [1.82, 2.24) is 4.98 Å². The largest absolute Gasteiger partial charge is 0.298 e. The molecule has 0 unspecified atom stereocenters. The molecule has 0 fully saturated rings. The Morgan fingerprint density at radius 2 is 1.25 bits per heavy atom. The van der Waals surface area contributed by atoms with Crippen molar-refractivity contribution in [1.29, 1.82) is 0 Å². The third kappa shape index (κ3) is 2.64. The van der Waals surface area contributed by atoms with Crippen LogP contribution in [0.4, 0.5) is 0 Å². The number of carbonyl (C=O) groups is 1. The van der Waals surface area contributed by atoms with Crippen LogP contribution in [0.2, 0.25) is 0 Å². The van der Waals surface area contributed by atoms with Crippen LogP contribution in [-0.2, 0) is 0 Å². The first-order valence-electron chi connectivity index (χ1n) is 5.02. The Balaban J connectivity index is 2.14. The van der Waals surface area contributed by atoms with E-state index in [1.807, 2.05) is 36.4 Å². The second-order valence-electron chi connectivity index (χ2n) is 3.40. The molecule has 0 aliphatic heterocycles. The maximum atomic E-state index is 10.5. The van der Waals surface area contributed by atoms with E-state index < -0.39 is 0 Å². The molecule has 0 saturated carbocycles. The van der Waals surface area contributed by atoms with E-state index in [1.165, 1.54) is 0 Å². The number of hydrogen-bond donors (Lipinski definition) is 0. The topological polar surface area (TPSA) is 30.0 Å². The molecule has 0 spiro atoms. The molecule has 0 bridgehead atoms. The van der Waals surface area contributed by atoms with E-state index in [2.05, 4.69) is 4.98 Å². The molecule has 0 saturated heterocycles. The Morgan fingerprint density at radius 1 is 0.750 bits per heavy atom. The molecule has 2 heteroatoms. The summed E-state index contributed by atoms with van der Waals surface area (Å²) in [5.74, 6) is 0. The van der Waals surface area contributed by atoms with Gasteiger partial charge in [-0.15, -0.1) is 0 Å². The van der Waals surface area contributed by atoms with Crippen LogP contribution in [0.25, 0.3) is 12.2 Å². The molecule has 78 valence electrons. The maximum absolute atomic E-state index is 10.5. The summed E-state index contributed by atoms with van der Waals surface area (Å²) < 4.78 is 0. The van der Waals surface area contributed by atoms with Crippen LogP contribution in [0.5, 0.6) is 0 Å². The summed E-state index contributed by atoms with van der Waals surface area (Å²) in [7, 11) is 0. The van der Waals surface area contributed by atoms with Gasteiger partial charge in [0.05, 0.1) is 0 Å². The van der Waals surface area contributed by atoms with Gasteiger partial charge in [-0.2, -0.15) is 0 Å². The lowest BCUT2D eigenvalue weighted by Crippen LogP contribution is -1.78. The Morgan fingerprint density at radius 3 is 1.81 bits per heavy atom. The van der Waals surface area contributed by atoms with Crippen LogP contribution in [0, 0.1) is 0 Å². The van der Waals surface area contributed by atoms with Gasteiger partial charge in [-0.3, -0.25) is 9.78 Å². The molecule has 0 amide bonds. The summed E-state index contributed by atoms with van der Waals surface area (Å²) >= 11 is 0. The molecule has 1 aromatic carbocycles. The first-order valence-corrected chi connectivity index (χ1v) is 5.02. The van der Waals surface area contributed by atoms with Gasteiger partial charge >= 0.3 is 0 Å². The van der Waals surface area contributed by atoms with Gasteiger partial charge in [0.2, 0.25) is 0 Å². The van der Waals surface area contributed by atoms with E-state index in [0.717, 1.165) is 17.4 Å². The zero-order valence-electron chi connectivity index (χ0n) is 8.71. The van der Waals surface area contributed by atoms with Crippen LogP contribution in [0.3, 0.4) is 0 Å². The molecule has 2 rings (SSSR count). The zero-order chi connectivity index (χ0) is 11.2. The highest BCUT2D eigenvalue weighted by Gasteiger charge is 1.89. The van der Waals surface area contributed by atoms with Crippen LogP contribution < -0.4 is 0 Å². The number of nitrogens with zero attached hydrogens (tertiary/aromatic N) is 1. The van der Waals surface area contributed by atoms with Crippen molar-refractivity contribution < 1.29 is 4.79 Å². The van der Waals surface area contributed by atoms with E-state index in [1.54, 1.807) is 24.5 Å². The van der Waals surface area contributed by atoms with E-state index in [4.69, 9.17) is 0 Å². The number of pyridine rings is 1. The van der Waals surface area contributed by atoms with Crippen LogP contribution in [0.1, 0.15) is 21.5 Å². The van der Waals surface area contributed by atoms with Crippen LogP contribution >= 0.6 is 0 Å². The first-order chi connectivity index (χ1) is 7.88. The zero-order valence-corrected chi connectivity index (χ0v) is 8.71. The fourth-order valence-corrected chi connectivity index (χ4v) is 1.35. The summed E-state index contributed by atoms with van der Waals surface area (Å²) in [5.41, 5.74) is 2.87. The summed E-state index contributed by atoms with van der Waals surface area (Å²) in [6.45, 7) is 0. The van der Waals surface area contributed by atoms with Crippen molar-refractivity contribution in [2.75, 3.05) is 0 Å². The molecule has 2 nitrogen and oxygen atoms in total. The lowest BCUT2D eigenvalue weighted by atomic mass is 10.1. The Labute approximate surface area is 94.3 Å². The third-order valence-electron chi connectivity index (χ3n) is 2.25. The van der Waals surface area contributed by atoms with Crippen molar-refractivity contribution in [2.45, 2.75) is 0 Å². The molecule has 2 aromatic rings. The molecule has 0 radical (unpaired) electrons. The molecule has 0 aliphatic carbocycles. The predicted molar refractivity (Wildman–Crippen MR) is 65.0 cm³/mol. The minimum atomic E-state index is 0.695. The molecule has 0 N–H and O–H groups in total. The molecule has 1 aromatic heterocycles. The van der Waals surface area contributed by atoms with E-state index in [9.17, 15) is 4.79 Å². The SMILES string of the molecule is O=Cc1ccc(C=Cc2ccncc2)cc1. The molecule has 16 heavy (non-hydrogen) atoms. The van der Waals surface area contributed by atoms with E-state index in [-0.39, 0.29) is 0 Å². The Hall–Kier alpha value is -2.22. The Bertz CT molecular complexity index is 486. The van der Waals surface area contributed by atoms with Gasteiger partial charge in [0.25, 0.3) is 0 Å². The van der Waals surface area contributed by atoms with Crippen molar-refractivity contribution in [3.8, 4) is 0 Å². The monoisotopic (exact) mass is 209 g/mol. The molecule has 1 heterocycles. The maximum Gasteiger partial charge on any atom is 0.150 e. The number of aldehydes is 1. The second kappa shape index (κ2) is 5.03. The van der Waals surface area contributed by atoms with Crippen molar-refractivity contribution in [3.05, 3.63) is 65.5 Å². The normalized spacial score (nSPS) is 10.5. The standard InChI is InChI=1S/C14H11NO/c16-11-14-5-3-12(4-6-14)1-2-13-7-9-15-10-8-13/h1-11H. The average molecular weight is 209 g/mol. The van der Waals surface area contributed by atoms with Gasteiger partial charge < -0.3 is 0 Å². The summed E-state index contributed by atoms with van der Waals surface area (Å²) in [6.07, 6.45) is 8.38. The molecule has 0 atom stereocenters. The van der Waals surface area contributed by atoms with Crippen LogP contribution in [0.15, 0.2) is 48.8 Å². The molecule has 0 aliphatic rings. The lowest BCUT2D eigenvalue weighted by molar-refractivity contribution is 0.112. The Kier molecular flexibility index (Phi) is 3.24. The quantitative estimate of drug-likeness (QED) is 0.727. The van der Waals surface area contributed by atoms with Crippen LogP contribution in [-0.4, -0.2) is 11.3 Å². The second-order valence-corrected chi connectivity index (χ2v) is 3.40. The van der Waals surface area contributed by atoms with Gasteiger partial charge in [-0.25, -0.2) is 0 Å². The fourth-order valence-electron chi connectivity index (χ4n) is 1.35. The molecular weight excluding hydrogens is 198 g/mol. The minimum absolute atomic E-state index is 0.695. The highest BCUT2D eigenvalue weighted by molar-refractivity contribution is 5.76. The minimum Gasteiger partial charge on any atom is -0.298 e. The molecular formula is C14H11NO. The summed E-state index contributed by atoms with van der Waals surface area (Å²) in [6, 6.07) is 11.3. The number of hydrogen-bond acceptors (Lipinski definition) is 2. The number of benzene rings is 1. The van der Waals surface area contributed by atoms with Gasteiger partial charge in [0, 0.05) is 18.0 Å². The van der Waals surface area contributed by atoms with E-state index >= 15 is 0 Å². The van der Waals surface area contributed by atoms with Gasteiger partial charge in [-0.1, -0.05) is 36.4 Å². The highest BCUT2D eigenvalue weighted by Crippen LogP contribution is 2.08. The number of aromatic nitrogens is 1. The first kappa shape index (κ1) is 10.3. The predicted octanol–water partition coefficient (Wildman–Crippen LogP) is 3.06. The fraction of sp³-hybridized carbons (Fsp3) is 0. The lowest BCUT2D eigenvalue weighted by Gasteiger charge is -1.94. The highest BCUT2D eigenvalue weighted by atomic mass is 16.1. The smallest absolute Gasteiger partial charge is 0.150 e. The summed E-state index contributed by atoms with van der Waals surface area (Å²) in [4.78, 5) is 14.4. The van der Waals surface area contributed by atoms with Crippen molar-refractivity contribution in [2.24, 2.45) is 0 Å². The summed E-state index contributed by atoms with van der Waals surface area (Å²) in [5, 5.41) is 0. The van der Waals surface area contributed by atoms with Gasteiger partial charge in [0.1, 0.15) is 6.29 Å². The van der Waals surface area contributed by atoms with E-state index in [0.29, 0.717) is 5.56 Å². The van der Waals surface area contributed by atoms with Crippen molar-refractivity contribution in [3.63, 3.8) is 0 Å². The van der Waals surface area contributed by atoms with Gasteiger partial charge in [-0.05, 0) is 23.3 Å². The third-order valence-corrected chi connectivity index (χ3v) is 2.25. The van der Waals surface area contributed by atoms with Crippen molar-refractivity contribution >= 4 is 18.4 Å². The number of carbonyl (C=O) groups excluding carboxylic acids is 1. The average Bonchev–Trinajstić information content (AvgIpc) is 2.38. The number of rotatable bonds is 3.